The minimum atomic E-state index is -3.54. The van der Waals surface area contributed by atoms with Crippen LogP contribution in [0.1, 0.15) is 11.4 Å². The SMILES string of the molecule is Cc1ccc(Nc2cc(N3CCN(S(=O)(=O)c4cnc[nH]4)CC3)nc(C)n2)cc1. The van der Waals surface area contributed by atoms with E-state index in [1.165, 1.54) is 22.4 Å². The number of imidazole rings is 1. The van der Waals surface area contributed by atoms with Crippen molar-refractivity contribution in [3.8, 4) is 0 Å². The van der Waals surface area contributed by atoms with Crippen molar-refractivity contribution in [2.24, 2.45) is 0 Å². The minimum Gasteiger partial charge on any atom is -0.354 e. The van der Waals surface area contributed by atoms with Gasteiger partial charge in [0.15, 0.2) is 5.03 Å². The van der Waals surface area contributed by atoms with Gasteiger partial charge in [0.2, 0.25) is 0 Å². The Kier molecular flexibility index (Phi) is 5.20. The molecular formula is C19H23N7O2S. The lowest BCUT2D eigenvalue weighted by Gasteiger charge is -2.34. The van der Waals surface area contributed by atoms with Gasteiger partial charge in [-0.2, -0.15) is 4.31 Å². The van der Waals surface area contributed by atoms with Gasteiger partial charge < -0.3 is 15.2 Å². The summed E-state index contributed by atoms with van der Waals surface area (Å²) in [6.45, 7) is 5.75. The quantitative estimate of drug-likeness (QED) is 0.659. The average molecular weight is 414 g/mol. The molecule has 1 saturated heterocycles. The van der Waals surface area contributed by atoms with E-state index in [9.17, 15) is 8.42 Å². The molecule has 1 aromatic carbocycles. The third-order valence-corrected chi connectivity index (χ3v) is 6.63. The standard InChI is InChI=1S/C19H23N7O2S/c1-14-3-5-16(6-4-14)24-17-11-18(23-15(2)22-17)25-7-9-26(10-8-25)29(27,28)19-12-20-13-21-19/h3-6,11-13H,7-10H2,1-2H3,(H,20,21)(H,22,23,24). The van der Waals surface area contributed by atoms with Crippen LogP contribution in [-0.2, 0) is 10.0 Å². The van der Waals surface area contributed by atoms with Crippen LogP contribution in [0.2, 0.25) is 0 Å². The van der Waals surface area contributed by atoms with Crippen molar-refractivity contribution in [1.29, 1.82) is 0 Å². The molecule has 0 amide bonds. The van der Waals surface area contributed by atoms with E-state index in [2.05, 4.69) is 30.2 Å². The van der Waals surface area contributed by atoms with Crippen molar-refractivity contribution in [3.63, 3.8) is 0 Å². The van der Waals surface area contributed by atoms with Gasteiger partial charge in [0.25, 0.3) is 10.0 Å². The molecule has 29 heavy (non-hydrogen) atoms. The normalized spacial score (nSPS) is 15.4. The van der Waals surface area contributed by atoms with Crippen LogP contribution >= 0.6 is 0 Å². The van der Waals surface area contributed by atoms with Gasteiger partial charge >= 0.3 is 0 Å². The van der Waals surface area contributed by atoms with E-state index in [1.807, 2.05) is 44.2 Å². The van der Waals surface area contributed by atoms with Gasteiger partial charge in [0, 0.05) is 37.9 Å². The van der Waals surface area contributed by atoms with Gasteiger partial charge in [0.05, 0.1) is 12.5 Å². The monoisotopic (exact) mass is 413 g/mol. The van der Waals surface area contributed by atoms with Crippen molar-refractivity contribution in [1.82, 2.24) is 24.2 Å². The highest BCUT2D eigenvalue weighted by Crippen LogP contribution is 2.22. The molecule has 2 aromatic heterocycles. The molecule has 2 N–H and O–H groups in total. The molecule has 1 aliphatic rings. The fraction of sp³-hybridized carbons (Fsp3) is 0.316. The summed E-state index contributed by atoms with van der Waals surface area (Å²) in [6, 6.07) is 9.98. The van der Waals surface area contributed by atoms with Crippen LogP contribution < -0.4 is 10.2 Å². The van der Waals surface area contributed by atoms with Crippen LogP contribution in [0.25, 0.3) is 0 Å². The molecule has 4 rings (SSSR count). The number of benzene rings is 1. The first-order valence-electron chi connectivity index (χ1n) is 9.35. The van der Waals surface area contributed by atoms with E-state index in [0.29, 0.717) is 37.8 Å². The van der Waals surface area contributed by atoms with E-state index in [0.717, 1.165) is 11.5 Å². The fourth-order valence-electron chi connectivity index (χ4n) is 3.24. The first kappa shape index (κ1) is 19.3. The molecule has 0 aliphatic carbocycles. The van der Waals surface area contributed by atoms with Crippen LogP contribution in [0.15, 0.2) is 47.9 Å². The van der Waals surface area contributed by atoms with Crippen LogP contribution in [-0.4, -0.2) is 58.8 Å². The predicted molar refractivity (Wildman–Crippen MR) is 111 cm³/mol. The Morgan fingerprint density at radius 3 is 2.41 bits per heavy atom. The molecule has 9 nitrogen and oxygen atoms in total. The zero-order valence-electron chi connectivity index (χ0n) is 16.3. The molecule has 10 heteroatoms. The molecule has 0 bridgehead atoms. The number of rotatable bonds is 5. The number of hydrogen-bond donors (Lipinski definition) is 2. The summed E-state index contributed by atoms with van der Waals surface area (Å²) < 4.78 is 26.7. The second-order valence-electron chi connectivity index (χ2n) is 6.96. The lowest BCUT2D eigenvalue weighted by Crippen LogP contribution is -2.49. The topological polar surface area (TPSA) is 107 Å². The molecule has 3 heterocycles. The first-order chi connectivity index (χ1) is 13.9. The zero-order valence-corrected chi connectivity index (χ0v) is 17.1. The number of aromatic nitrogens is 4. The lowest BCUT2D eigenvalue weighted by molar-refractivity contribution is 0.382. The summed E-state index contributed by atoms with van der Waals surface area (Å²) in [5.74, 6) is 2.15. The average Bonchev–Trinajstić information content (AvgIpc) is 3.25. The highest BCUT2D eigenvalue weighted by Gasteiger charge is 2.30. The number of hydrogen-bond acceptors (Lipinski definition) is 7. The number of nitrogens with one attached hydrogen (secondary N) is 2. The molecule has 1 aliphatic heterocycles. The zero-order chi connectivity index (χ0) is 20.4. The number of piperazine rings is 1. The van der Waals surface area contributed by atoms with Crippen molar-refractivity contribution in [3.05, 3.63) is 54.2 Å². The van der Waals surface area contributed by atoms with Crippen molar-refractivity contribution < 1.29 is 8.42 Å². The Morgan fingerprint density at radius 1 is 1.03 bits per heavy atom. The third kappa shape index (κ3) is 4.22. The summed E-state index contributed by atoms with van der Waals surface area (Å²) in [4.78, 5) is 17.6. The second-order valence-corrected chi connectivity index (χ2v) is 8.86. The molecule has 0 unspecified atom stereocenters. The maximum absolute atomic E-state index is 12.6. The molecule has 0 spiro atoms. The van der Waals surface area contributed by atoms with Crippen molar-refractivity contribution in [2.75, 3.05) is 36.4 Å². The molecule has 0 atom stereocenters. The van der Waals surface area contributed by atoms with Crippen LogP contribution in [0.5, 0.6) is 0 Å². The minimum absolute atomic E-state index is 0.119. The van der Waals surface area contributed by atoms with E-state index in [-0.39, 0.29) is 5.03 Å². The Hall–Kier alpha value is -2.98. The number of nitrogens with zero attached hydrogens (tertiary/aromatic N) is 5. The van der Waals surface area contributed by atoms with Gasteiger partial charge in [-0.25, -0.2) is 23.4 Å². The maximum atomic E-state index is 12.6. The molecule has 1 fully saturated rings. The first-order valence-corrected chi connectivity index (χ1v) is 10.8. The Balaban J connectivity index is 1.47. The molecule has 0 saturated carbocycles. The molecular weight excluding hydrogens is 390 g/mol. The van der Waals surface area contributed by atoms with Crippen LogP contribution in [0.3, 0.4) is 0 Å². The van der Waals surface area contributed by atoms with Gasteiger partial charge in [-0.15, -0.1) is 0 Å². The highest BCUT2D eigenvalue weighted by molar-refractivity contribution is 7.89. The Labute approximate surface area is 169 Å². The summed E-state index contributed by atoms with van der Waals surface area (Å²) in [5, 5.41) is 3.43. The third-order valence-electron chi connectivity index (χ3n) is 4.80. The van der Waals surface area contributed by atoms with Gasteiger partial charge in [0.1, 0.15) is 17.5 Å². The van der Waals surface area contributed by atoms with E-state index in [1.54, 1.807) is 0 Å². The molecule has 3 aromatic rings. The number of sulfonamides is 1. The summed E-state index contributed by atoms with van der Waals surface area (Å²) in [6.07, 6.45) is 2.70. The van der Waals surface area contributed by atoms with Crippen molar-refractivity contribution >= 4 is 27.3 Å². The van der Waals surface area contributed by atoms with Crippen LogP contribution in [0, 0.1) is 13.8 Å². The smallest absolute Gasteiger partial charge is 0.260 e. The summed E-state index contributed by atoms with van der Waals surface area (Å²) >= 11 is 0. The highest BCUT2D eigenvalue weighted by atomic mass is 32.2. The van der Waals surface area contributed by atoms with E-state index in [4.69, 9.17) is 0 Å². The number of H-pyrrole nitrogens is 1. The van der Waals surface area contributed by atoms with Gasteiger partial charge in [-0.1, -0.05) is 17.7 Å². The lowest BCUT2D eigenvalue weighted by atomic mass is 10.2. The summed E-state index contributed by atoms with van der Waals surface area (Å²) in [5.41, 5.74) is 2.15. The molecule has 0 radical (unpaired) electrons. The molecule has 152 valence electrons. The largest absolute Gasteiger partial charge is 0.354 e. The number of aryl methyl sites for hydroxylation is 2. The summed E-state index contributed by atoms with van der Waals surface area (Å²) in [7, 11) is -3.54. The fourth-order valence-corrected chi connectivity index (χ4v) is 4.56. The number of aromatic amines is 1. The number of anilines is 3. The maximum Gasteiger partial charge on any atom is 0.260 e. The Bertz CT molecular complexity index is 1070. The van der Waals surface area contributed by atoms with Gasteiger partial charge in [-0.3, -0.25) is 0 Å². The second kappa shape index (κ2) is 7.80. The Morgan fingerprint density at radius 2 is 1.76 bits per heavy atom. The van der Waals surface area contributed by atoms with E-state index >= 15 is 0 Å². The van der Waals surface area contributed by atoms with Crippen LogP contribution in [0.4, 0.5) is 17.3 Å². The van der Waals surface area contributed by atoms with Crippen molar-refractivity contribution in [2.45, 2.75) is 18.9 Å². The van der Waals surface area contributed by atoms with Gasteiger partial charge in [-0.05, 0) is 26.0 Å². The predicted octanol–water partition coefficient (Wildman–Crippen LogP) is 2.07. The van der Waals surface area contributed by atoms with E-state index < -0.39 is 10.0 Å².